The van der Waals surface area contributed by atoms with E-state index in [1.165, 1.54) is 11.8 Å². The number of nitrogens with zero attached hydrogens (tertiary/aromatic N) is 2. The normalized spacial score (nSPS) is 15.7. The van der Waals surface area contributed by atoms with Crippen LogP contribution in [-0.2, 0) is 6.54 Å². The number of pyridine rings is 1. The van der Waals surface area contributed by atoms with Crippen molar-refractivity contribution in [1.29, 1.82) is 0 Å². The maximum absolute atomic E-state index is 14.3. The van der Waals surface area contributed by atoms with Crippen molar-refractivity contribution >= 4 is 16.6 Å². The average Bonchev–Trinajstić information content (AvgIpc) is 2.73. The van der Waals surface area contributed by atoms with Crippen LogP contribution >= 0.6 is 0 Å². The largest absolute Gasteiger partial charge is 0.496 e. The molecule has 1 aliphatic heterocycles. The van der Waals surface area contributed by atoms with Crippen LogP contribution in [0.2, 0.25) is 0 Å². The minimum absolute atomic E-state index is 0.0682. The summed E-state index contributed by atoms with van der Waals surface area (Å²) in [4.78, 5) is 6.39. The number of halogens is 2. The summed E-state index contributed by atoms with van der Waals surface area (Å²) in [5, 5.41) is 3.62. The molecule has 0 aliphatic carbocycles. The number of ether oxygens (including phenoxy) is 1. The van der Waals surface area contributed by atoms with Gasteiger partial charge < -0.3 is 10.1 Å². The molecule has 146 valence electrons. The molecule has 0 unspecified atom stereocenters. The summed E-state index contributed by atoms with van der Waals surface area (Å²) in [7, 11) is 1.69. The number of piperidine rings is 1. The van der Waals surface area contributed by atoms with Gasteiger partial charge in [-0.05, 0) is 37.1 Å². The smallest absolute Gasteiger partial charge is 0.149 e. The van der Waals surface area contributed by atoms with Gasteiger partial charge in [0.2, 0.25) is 0 Å². The van der Waals surface area contributed by atoms with Crippen molar-refractivity contribution in [3.63, 3.8) is 0 Å². The van der Waals surface area contributed by atoms with Crippen LogP contribution in [0.15, 0.2) is 48.7 Å². The van der Waals surface area contributed by atoms with E-state index in [-0.39, 0.29) is 16.9 Å². The number of hydrogen-bond donors (Lipinski definition) is 1. The number of aromatic nitrogens is 1. The van der Waals surface area contributed by atoms with Gasteiger partial charge in [0.1, 0.15) is 22.9 Å². The second kappa shape index (κ2) is 8.10. The quantitative estimate of drug-likeness (QED) is 0.699. The summed E-state index contributed by atoms with van der Waals surface area (Å²) < 4.78 is 33.7. The predicted octanol–water partition coefficient (Wildman–Crippen LogP) is 4.60. The predicted molar refractivity (Wildman–Crippen MR) is 107 cm³/mol. The molecule has 4 rings (SSSR count). The second-order valence-corrected chi connectivity index (χ2v) is 7.12. The number of likely N-dealkylation sites (tertiary alicyclic amines) is 1. The Morgan fingerprint density at radius 2 is 1.82 bits per heavy atom. The zero-order chi connectivity index (χ0) is 19.5. The molecule has 0 spiro atoms. The summed E-state index contributed by atoms with van der Waals surface area (Å²) in [6.07, 6.45) is 3.37. The van der Waals surface area contributed by atoms with Crippen LogP contribution in [0.1, 0.15) is 18.4 Å². The number of hydrogen-bond acceptors (Lipinski definition) is 4. The van der Waals surface area contributed by atoms with Gasteiger partial charge in [-0.2, -0.15) is 0 Å². The molecule has 0 saturated carbocycles. The Hall–Kier alpha value is -2.73. The molecule has 28 heavy (non-hydrogen) atoms. The van der Waals surface area contributed by atoms with Crippen molar-refractivity contribution in [2.75, 3.05) is 25.5 Å². The molecular formula is C22H23F2N3O. The van der Waals surface area contributed by atoms with Crippen LogP contribution in [0.25, 0.3) is 10.9 Å². The van der Waals surface area contributed by atoms with E-state index >= 15 is 0 Å². The number of rotatable bonds is 5. The molecule has 0 bridgehead atoms. The first-order chi connectivity index (χ1) is 13.7. The molecule has 4 nitrogen and oxygen atoms in total. The van der Waals surface area contributed by atoms with E-state index in [9.17, 15) is 8.78 Å². The summed E-state index contributed by atoms with van der Waals surface area (Å²) in [5.74, 6) is -0.0595. The number of nitrogens with one attached hydrogen (secondary N) is 1. The van der Waals surface area contributed by atoms with Crippen LogP contribution in [0.4, 0.5) is 14.5 Å². The third-order valence-electron chi connectivity index (χ3n) is 5.33. The van der Waals surface area contributed by atoms with Crippen molar-refractivity contribution in [3.05, 3.63) is 65.9 Å². The molecule has 6 heteroatoms. The molecule has 1 aromatic heterocycles. The lowest BCUT2D eigenvalue weighted by atomic mass is 10.0. The van der Waals surface area contributed by atoms with Crippen molar-refractivity contribution in [2.24, 2.45) is 0 Å². The minimum Gasteiger partial charge on any atom is -0.496 e. The van der Waals surface area contributed by atoms with Crippen molar-refractivity contribution in [2.45, 2.75) is 25.4 Å². The van der Waals surface area contributed by atoms with Gasteiger partial charge in [-0.25, -0.2) is 8.78 Å². The van der Waals surface area contributed by atoms with Crippen LogP contribution < -0.4 is 10.1 Å². The zero-order valence-corrected chi connectivity index (χ0v) is 15.8. The lowest BCUT2D eigenvalue weighted by molar-refractivity contribution is 0.209. The number of anilines is 1. The highest BCUT2D eigenvalue weighted by Gasteiger charge is 2.21. The molecular weight excluding hydrogens is 360 g/mol. The van der Waals surface area contributed by atoms with E-state index in [4.69, 9.17) is 4.74 Å². The average molecular weight is 383 g/mol. The van der Waals surface area contributed by atoms with E-state index in [0.717, 1.165) is 50.4 Å². The molecule has 3 aromatic rings. The Morgan fingerprint density at radius 3 is 2.61 bits per heavy atom. The topological polar surface area (TPSA) is 37.4 Å². The van der Waals surface area contributed by atoms with Crippen LogP contribution in [-0.4, -0.2) is 36.1 Å². The van der Waals surface area contributed by atoms with E-state index < -0.39 is 11.6 Å². The highest BCUT2D eigenvalue weighted by Crippen LogP contribution is 2.29. The van der Waals surface area contributed by atoms with Gasteiger partial charge in [0.05, 0.1) is 12.5 Å². The molecule has 1 N–H and O–H groups in total. The van der Waals surface area contributed by atoms with Gasteiger partial charge in [-0.15, -0.1) is 0 Å². The van der Waals surface area contributed by atoms with Gasteiger partial charge in [0.15, 0.2) is 0 Å². The number of methoxy groups -OCH3 is 1. The third kappa shape index (κ3) is 3.78. The van der Waals surface area contributed by atoms with E-state index in [1.807, 2.05) is 18.2 Å². The summed E-state index contributed by atoms with van der Waals surface area (Å²) in [6, 6.07) is 12.3. The van der Waals surface area contributed by atoms with E-state index in [1.54, 1.807) is 13.2 Å². The zero-order valence-electron chi connectivity index (χ0n) is 15.8. The highest BCUT2D eigenvalue weighted by atomic mass is 19.1. The first-order valence-electron chi connectivity index (χ1n) is 9.49. The Morgan fingerprint density at radius 1 is 1.07 bits per heavy atom. The maximum Gasteiger partial charge on any atom is 0.149 e. The summed E-state index contributed by atoms with van der Waals surface area (Å²) in [6.45, 7) is 2.69. The molecule has 1 saturated heterocycles. The van der Waals surface area contributed by atoms with Gasteiger partial charge >= 0.3 is 0 Å². The monoisotopic (exact) mass is 383 g/mol. The van der Waals surface area contributed by atoms with Gasteiger partial charge in [0.25, 0.3) is 0 Å². The lowest BCUT2D eigenvalue weighted by Gasteiger charge is -2.33. The van der Waals surface area contributed by atoms with Crippen LogP contribution in [0, 0.1) is 11.6 Å². The van der Waals surface area contributed by atoms with Crippen molar-refractivity contribution in [3.8, 4) is 5.75 Å². The van der Waals surface area contributed by atoms with Crippen LogP contribution in [0.5, 0.6) is 5.75 Å². The highest BCUT2D eigenvalue weighted by molar-refractivity contribution is 5.92. The molecule has 1 fully saturated rings. The fourth-order valence-electron chi connectivity index (χ4n) is 3.84. The van der Waals surface area contributed by atoms with Gasteiger partial charge in [-0.1, -0.05) is 18.2 Å². The molecule has 2 heterocycles. The first kappa shape index (κ1) is 18.6. The molecule has 0 radical (unpaired) electrons. The number of fused-ring (bicyclic) bond motifs is 1. The van der Waals surface area contributed by atoms with Crippen LogP contribution in [0.3, 0.4) is 0 Å². The Balaban J connectivity index is 1.43. The summed E-state index contributed by atoms with van der Waals surface area (Å²) in [5.41, 5.74) is 1.85. The molecule has 0 atom stereocenters. The minimum atomic E-state index is -0.508. The Bertz CT molecular complexity index is 971. The Labute approximate surface area is 163 Å². The Kier molecular flexibility index (Phi) is 5.39. The fourth-order valence-corrected chi connectivity index (χ4v) is 3.84. The summed E-state index contributed by atoms with van der Waals surface area (Å²) >= 11 is 0. The molecule has 0 amide bonds. The fraction of sp³-hybridized carbons (Fsp3) is 0.318. The standard InChI is InChI=1S/C22H23F2N3O/c1-28-20-5-3-2-4-15(20)14-27-12-9-16(10-13-27)26-19-8-11-25-22-18(24)7-6-17(23)21(19)22/h2-8,11,16H,9-10,12-14H2,1H3,(H,25,26). The molecule has 2 aromatic carbocycles. The first-order valence-corrected chi connectivity index (χ1v) is 9.49. The number of para-hydroxylation sites is 1. The van der Waals surface area contributed by atoms with Crippen molar-refractivity contribution in [1.82, 2.24) is 9.88 Å². The maximum atomic E-state index is 14.3. The molecule has 1 aliphatic rings. The van der Waals surface area contributed by atoms with E-state index in [0.29, 0.717) is 5.69 Å². The SMILES string of the molecule is COc1ccccc1CN1CCC(Nc2ccnc3c(F)ccc(F)c23)CC1. The third-order valence-corrected chi connectivity index (χ3v) is 5.33. The van der Waals surface area contributed by atoms with Crippen molar-refractivity contribution < 1.29 is 13.5 Å². The second-order valence-electron chi connectivity index (χ2n) is 7.12. The lowest BCUT2D eigenvalue weighted by Crippen LogP contribution is -2.38. The van der Waals surface area contributed by atoms with E-state index in [2.05, 4.69) is 21.3 Å². The number of benzene rings is 2. The van der Waals surface area contributed by atoms with Gasteiger partial charge in [-0.3, -0.25) is 9.88 Å². The van der Waals surface area contributed by atoms with Gasteiger partial charge in [0, 0.05) is 43.1 Å².